The molecule has 2 aromatic heterocycles. The predicted molar refractivity (Wildman–Crippen MR) is 99.5 cm³/mol. The Balaban J connectivity index is 1.48. The van der Waals surface area contributed by atoms with Crippen molar-refractivity contribution in [3.63, 3.8) is 0 Å². The molecule has 0 atom stereocenters. The fraction of sp³-hybridized carbons (Fsp3) is 0.300. The molecule has 144 valence electrons. The molecular formula is C20H20N4O4. The van der Waals surface area contributed by atoms with E-state index in [9.17, 15) is 9.59 Å². The van der Waals surface area contributed by atoms with Gasteiger partial charge >= 0.3 is 0 Å². The Morgan fingerprint density at radius 2 is 2.00 bits per heavy atom. The SMILES string of the molecule is Cc1nnc(CN(C)C(=O)c2cccc(-c3ccc(C(=O)NC4CC4)o3)c2)o1. The van der Waals surface area contributed by atoms with Gasteiger partial charge in [-0.1, -0.05) is 12.1 Å². The molecule has 8 heteroatoms. The third-order valence-corrected chi connectivity index (χ3v) is 4.42. The molecule has 0 radical (unpaired) electrons. The van der Waals surface area contributed by atoms with Crippen molar-refractivity contribution in [1.29, 1.82) is 0 Å². The number of hydrogen-bond acceptors (Lipinski definition) is 6. The number of aromatic nitrogens is 2. The van der Waals surface area contributed by atoms with E-state index in [0.717, 1.165) is 18.4 Å². The third-order valence-electron chi connectivity index (χ3n) is 4.42. The number of amides is 2. The summed E-state index contributed by atoms with van der Waals surface area (Å²) in [4.78, 5) is 26.3. The smallest absolute Gasteiger partial charge is 0.287 e. The maximum atomic E-state index is 12.7. The van der Waals surface area contributed by atoms with Crippen molar-refractivity contribution < 1.29 is 18.4 Å². The number of rotatable bonds is 6. The van der Waals surface area contributed by atoms with Gasteiger partial charge in [0, 0.05) is 31.1 Å². The zero-order valence-electron chi connectivity index (χ0n) is 15.6. The summed E-state index contributed by atoms with van der Waals surface area (Å²) in [6, 6.07) is 10.7. The molecule has 4 rings (SSSR count). The lowest BCUT2D eigenvalue weighted by Crippen LogP contribution is -2.26. The maximum Gasteiger partial charge on any atom is 0.287 e. The Bertz CT molecular complexity index is 1020. The predicted octanol–water partition coefficient (Wildman–Crippen LogP) is 2.80. The summed E-state index contributed by atoms with van der Waals surface area (Å²) in [5, 5.41) is 10.6. The van der Waals surface area contributed by atoms with Crippen LogP contribution in [0.4, 0.5) is 0 Å². The zero-order valence-corrected chi connectivity index (χ0v) is 15.6. The molecule has 0 unspecified atom stereocenters. The second-order valence-corrected chi connectivity index (χ2v) is 6.87. The summed E-state index contributed by atoms with van der Waals surface area (Å²) in [6.45, 7) is 1.92. The zero-order chi connectivity index (χ0) is 19.7. The van der Waals surface area contributed by atoms with Gasteiger partial charge in [-0.2, -0.15) is 0 Å². The highest BCUT2D eigenvalue weighted by Crippen LogP contribution is 2.25. The minimum atomic E-state index is -0.212. The first-order chi connectivity index (χ1) is 13.5. The van der Waals surface area contributed by atoms with Crippen LogP contribution in [0, 0.1) is 6.92 Å². The Morgan fingerprint density at radius 3 is 2.71 bits per heavy atom. The van der Waals surface area contributed by atoms with Crippen molar-refractivity contribution in [2.75, 3.05) is 7.05 Å². The van der Waals surface area contributed by atoms with Crippen LogP contribution in [0.3, 0.4) is 0 Å². The molecule has 0 spiro atoms. The van der Waals surface area contributed by atoms with Crippen molar-refractivity contribution in [3.8, 4) is 11.3 Å². The first kappa shape index (κ1) is 18.0. The Labute approximate surface area is 161 Å². The second kappa shape index (κ2) is 7.30. The monoisotopic (exact) mass is 380 g/mol. The highest BCUT2D eigenvalue weighted by Gasteiger charge is 2.25. The summed E-state index contributed by atoms with van der Waals surface area (Å²) >= 11 is 0. The van der Waals surface area contributed by atoms with Crippen LogP contribution >= 0.6 is 0 Å². The topological polar surface area (TPSA) is 101 Å². The van der Waals surface area contributed by atoms with Crippen LogP contribution in [0.1, 0.15) is 45.5 Å². The van der Waals surface area contributed by atoms with Crippen molar-refractivity contribution >= 4 is 11.8 Å². The fourth-order valence-corrected chi connectivity index (χ4v) is 2.80. The number of nitrogens with zero attached hydrogens (tertiary/aromatic N) is 3. The van der Waals surface area contributed by atoms with Gasteiger partial charge in [0.05, 0.1) is 6.54 Å². The lowest BCUT2D eigenvalue weighted by molar-refractivity contribution is 0.0772. The van der Waals surface area contributed by atoms with Crippen LogP contribution in [0.2, 0.25) is 0 Å². The van der Waals surface area contributed by atoms with Crippen LogP contribution < -0.4 is 5.32 Å². The van der Waals surface area contributed by atoms with Crippen molar-refractivity contribution in [2.45, 2.75) is 32.4 Å². The average Bonchev–Trinajstić information content (AvgIpc) is 3.19. The largest absolute Gasteiger partial charge is 0.451 e. The summed E-state index contributed by atoms with van der Waals surface area (Å²) in [5.41, 5.74) is 1.22. The molecular weight excluding hydrogens is 360 g/mol. The molecule has 1 fully saturated rings. The lowest BCUT2D eigenvalue weighted by Gasteiger charge is -2.15. The molecule has 1 aliphatic rings. The van der Waals surface area contributed by atoms with Gasteiger partial charge in [-0.15, -0.1) is 10.2 Å². The van der Waals surface area contributed by atoms with Gasteiger partial charge in [0.2, 0.25) is 11.8 Å². The van der Waals surface area contributed by atoms with Gasteiger partial charge in [-0.3, -0.25) is 9.59 Å². The number of carbonyl (C=O) groups excluding carboxylic acids is 2. The van der Waals surface area contributed by atoms with Gasteiger partial charge in [0.25, 0.3) is 11.8 Å². The number of aryl methyl sites for hydroxylation is 1. The Kier molecular flexibility index (Phi) is 4.68. The van der Waals surface area contributed by atoms with Crippen molar-refractivity contribution in [1.82, 2.24) is 20.4 Å². The average molecular weight is 380 g/mol. The molecule has 2 amide bonds. The normalized spacial score (nSPS) is 13.4. The molecule has 3 aromatic rings. The number of hydrogen-bond donors (Lipinski definition) is 1. The molecule has 28 heavy (non-hydrogen) atoms. The molecule has 8 nitrogen and oxygen atoms in total. The molecule has 1 N–H and O–H groups in total. The van der Waals surface area contributed by atoms with E-state index in [2.05, 4.69) is 15.5 Å². The highest BCUT2D eigenvalue weighted by molar-refractivity contribution is 5.95. The van der Waals surface area contributed by atoms with Crippen LogP contribution in [0.25, 0.3) is 11.3 Å². The molecule has 0 aliphatic heterocycles. The molecule has 0 saturated heterocycles. The van der Waals surface area contributed by atoms with E-state index in [-0.39, 0.29) is 30.2 Å². The van der Waals surface area contributed by atoms with Crippen LogP contribution in [0.15, 0.2) is 45.2 Å². The minimum Gasteiger partial charge on any atom is -0.451 e. The summed E-state index contributed by atoms with van der Waals surface area (Å²) in [5.74, 6) is 1.24. The summed E-state index contributed by atoms with van der Waals surface area (Å²) in [6.07, 6.45) is 2.03. The van der Waals surface area contributed by atoms with Gasteiger partial charge in [-0.05, 0) is 37.1 Å². The van der Waals surface area contributed by atoms with Gasteiger partial charge in [0.15, 0.2) is 5.76 Å². The van der Waals surface area contributed by atoms with E-state index in [0.29, 0.717) is 23.1 Å². The first-order valence-corrected chi connectivity index (χ1v) is 9.05. The van der Waals surface area contributed by atoms with Gasteiger partial charge in [-0.25, -0.2) is 0 Å². The maximum absolute atomic E-state index is 12.7. The summed E-state index contributed by atoms with van der Waals surface area (Å²) in [7, 11) is 1.67. The fourth-order valence-electron chi connectivity index (χ4n) is 2.80. The standard InChI is InChI=1S/C20H20N4O4/c1-12-22-23-18(27-12)11-24(2)20(26)14-5-3-4-13(10-14)16-8-9-17(28-16)19(25)21-15-6-7-15/h3-5,8-10,15H,6-7,11H2,1-2H3,(H,21,25). The van der Waals surface area contributed by atoms with Crippen LogP contribution in [0.5, 0.6) is 0 Å². The number of carbonyl (C=O) groups is 2. The third kappa shape index (κ3) is 3.95. The van der Waals surface area contributed by atoms with E-state index >= 15 is 0 Å². The Morgan fingerprint density at radius 1 is 1.18 bits per heavy atom. The number of furan rings is 1. The van der Waals surface area contributed by atoms with Crippen molar-refractivity contribution in [3.05, 3.63) is 59.5 Å². The molecule has 1 aromatic carbocycles. The molecule has 1 aliphatic carbocycles. The minimum absolute atomic E-state index is 0.184. The van der Waals surface area contributed by atoms with Crippen molar-refractivity contribution in [2.24, 2.45) is 0 Å². The molecule has 2 heterocycles. The summed E-state index contributed by atoms with van der Waals surface area (Å²) < 4.78 is 11.0. The molecule has 0 bridgehead atoms. The Hall–Kier alpha value is -3.42. The van der Waals surface area contributed by atoms with E-state index < -0.39 is 0 Å². The van der Waals surface area contributed by atoms with E-state index in [1.807, 2.05) is 6.07 Å². The van der Waals surface area contributed by atoms with Gasteiger partial charge in [0.1, 0.15) is 5.76 Å². The first-order valence-electron chi connectivity index (χ1n) is 9.05. The van der Waals surface area contributed by atoms with E-state index in [1.165, 1.54) is 4.90 Å². The molecule has 1 saturated carbocycles. The number of benzene rings is 1. The lowest BCUT2D eigenvalue weighted by atomic mass is 10.1. The van der Waals surface area contributed by atoms with Crippen LogP contribution in [-0.4, -0.2) is 40.0 Å². The van der Waals surface area contributed by atoms with Crippen LogP contribution in [-0.2, 0) is 6.54 Å². The quantitative estimate of drug-likeness (QED) is 0.706. The van der Waals surface area contributed by atoms with E-state index in [4.69, 9.17) is 8.83 Å². The second-order valence-electron chi connectivity index (χ2n) is 6.87. The van der Waals surface area contributed by atoms with Gasteiger partial charge < -0.3 is 19.1 Å². The highest BCUT2D eigenvalue weighted by atomic mass is 16.4. The van der Waals surface area contributed by atoms with E-state index in [1.54, 1.807) is 44.3 Å². The number of nitrogens with one attached hydrogen (secondary N) is 1.